The summed E-state index contributed by atoms with van der Waals surface area (Å²) in [6.45, 7) is 1.06. The van der Waals surface area contributed by atoms with Crippen LogP contribution in [0.4, 0.5) is 17.6 Å². The van der Waals surface area contributed by atoms with Crippen LogP contribution in [0, 0.1) is 0 Å². The zero-order valence-corrected chi connectivity index (χ0v) is 5.52. The first-order valence-corrected chi connectivity index (χ1v) is 2.36. The van der Waals surface area contributed by atoms with Crippen molar-refractivity contribution in [1.29, 1.82) is 0 Å². The van der Waals surface area contributed by atoms with Crippen molar-refractivity contribution in [1.82, 2.24) is 0 Å². The van der Waals surface area contributed by atoms with Crippen molar-refractivity contribution in [2.75, 3.05) is 0 Å². The van der Waals surface area contributed by atoms with Gasteiger partial charge in [-0.25, -0.2) is 4.39 Å². The van der Waals surface area contributed by atoms with Gasteiger partial charge >= 0.3 is 12.1 Å². The number of rotatable bonds is 0. The normalized spacial score (nSPS) is 12.9. The zero-order chi connectivity index (χ0) is 9.65. The Labute approximate surface area is 59.8 Å². The third kappa shape index (κ3) is 17.6. The van der Waals surface area contributed by atoms with E-state index in [1.807, 2.05) is 0 Å². The molecule has 0 saturated carbocycles. The van der Waals surface area contributed by atoms with Crippen molar-refractivity contribution >= 4 is 5.91 Å². The number of halogens is 4. The van der Waals surface area contributed by atoms with Crippen LogP contribution in [0.25, 0.3) is 0 Å². The second kappa shape index (κ2) is 4.89. The summed E-state index contributed by atoms with van der Waals surface area (Å²) >= 11 is 0. The number of carbonyl (C=O) groups excluding carboxylic acids is 1. The molecular formula is C4H7F4NO2. The maximum atomic E-state index is 10.7. The van der Waals surface area contributed by atoms with Crippen LogP contribution in [0.1, 0.15) is 6.92 Å². The molecule has 0 aliphatic rings. The van der Waals surface area contributed by atoms with E-state index in [0.29, 0.717) is 0 Å². The van der Waals surface area contributed by atoms with E-state index in [-0.39, 0.29) is 0 Å². The van der Waals surface area contributed by atoms with Crippen LogP contribution >= 0.6 is 0 Å². The lowest BCUT2D eigenvalue weighted by atomic mass is 10.6. The third-order valence-electron chi connectivity index (χ3n) is 0.279. The lowest BCUT2D eigenvalue weighted by molar-refractivity contribution is -0.169. The first kappa shape index (κ1) is 12.8. The van der Waals surface area contributed by atoms with E-state index < -0.39 is 18.4 Å². The summed E-state index contributed by atoms with van der Waals surface area (Å²) in [5.41, 5.74) is 3.81. The quantitative estimate of drug-likeness (QED) is 0.523. The van der Waals surface area contributed by atoms with Crippen LogP contribution in [-0.4, -0.2) is 23.5 Å². The number of aliphatic hydroxyl groups is 1. The highest BCUT2D eigenvalue weighted by atomic mass is 19.4. The number of primary amides is 1. The van der Waals surface area contributed by atoms with Crippen LogP contribution in [0.3, 0.4) is 0 Å². The van der Waals surface area contributed by atoms with E-state index in [1.54, 1.807) is 0 Å². The number of hydrogen-bond acceptors (Lipinski definition) is 2. The molecular weight excluding hydrogens is 170 g/mol. The fraction of sp³-hybridized carbons (Fsp3) is 0.750. The van der Waals surface area contributed by atoms with E-state index in [1.165, 1.54) is 0 Å². The Morgan fingerprint density at radius 2 is 1.64 bits per heavy atom. The summed E-state index contributed by atoms with van der Waals surface area (Å²) in [6.07, 6.45) is -6.53. The van der Waals surface area contributed by atoms with Gasteiger partial charge in [-0.05, 0) is 6.92 Å². The van der Waals surface area contributed by atoms with Crippen molar-refractivity contribution in [2.24, 2.45) is 5.73 Å². The predicted octanol–water partition coefficient (Wildman–Crippen LogP) is 0.328. The van der Waals surface area contributed by atoms with Gasteiger partial charge in [-0.2, -0.15) is 13.2 Å². The molecule has 11 heavy (non-hydrogen) atoms. The minimum absolute atomic E-state index is 1.06. The molecule has 1 unspecified atom stereocenters. The molecule has 1 amide bonds. The molecule has 3 N–H and O–H groups in total. The summed E-state index contributed by atoms with van der Waals surface area (Å²) in [5.74, 6) is -2.26. The Kier molecular flexibility index (Phi) is 5.69. The summed E-state index contributed by atoms with van der Waals surface area (Å²) in [5, 5.41) is 7.39. The van der Waals surface area contributed by atoms with Crippen LogP contribution in [0.2, 0.25) is 0 Å². The molecule has 0 bridgehead atoms. The van der Waals surface area contributed by atoms with Gasteiger partial charge in [-0.1, -0.05) is 0 Å². The van der Waals surface area contributed by atoms with Gasteiger partial charge in [-0.15, -0.1) is 0 Å². The maximum absolute atomic E-state index is 10.7. The average Bonchev–Trinajstić information content (AvgIpc) is 1.59. The second-order valence-electron chi connectivity index (χ2n) is 1.44. The van der Waals surface area contributed by atoms with Gasteiger partial charge in [0.15, 0.2) is 6.36 Å². The van der Waals surface area contributed by atoms with Gasteiger partial charge in [-0.3, -0.25) is 4.79 Å². The number of nitrogens with two attached hydrogens (primary N) is 1. The molecule has 1 atom stereocenters. The Morgan fingerprint density at radius 1 is 1.55 bits per heavy atom. The molecule has 0 aromatic rings. The molecule has 0 radical (unpaired) electrons. The van der Waals surface area contributed by atoms with Crippen molar-refractivity contribution in [3.8, 4) is 0 Å². The summed E-state index contributed by atoms with van der Waals surface area (Å²) in [6, 6.07) is 0. The standard InChI is InChI=1S/C2H2F3NO.C2H5FO/c3-2(4,5)1(6)7;1-2(3)4/h(H2,6,7);2,4H,1H3. The Morgan fingerprint density at radius 3 is 1.64 bits per heavy atom. The molecule has 0 saturated heterocycles. The number of aliphatic hydroxyl groups excluding tert-OH is 1. The smallest absolute Gasteiger partial charge is 0.364 e. The van der Waals surface area contributed by atoms with Crippen molar-refractivity contribution in [2.45, 2.75) is 19.5 Å². The molecule has 0 aliphatic heterocycles. The molecule has 68 valence electrons. The first-order valence-electron chi connectivity index (χ1n) is 2.36. The molecule has 0 fully saturated rings. The fourth-order valence-corrected chi connectivity index (χ4v) is 0. The van der Waals surface area contributed by atoms with E-state index in [0.717, 1.165) is 6.92 Å². The summed E-state index contributed by atoms with van der Waals surface area (Å²) < 4.78 is 42.7. The number of carbonyl (C=O) groups is 1. The maximum Gasteiger partial charge on any atom is 0.470 e. The molecule has 0 spiro atoms. The van der Waals surface area contributed by atoms with E-state index >= 15 is 0 Å². The van der Waals surface area contributed by atoms with Gasteiger partial charge in [0.2, 0.25) is 0 Å². The second-order valence-corrected chi connectivity index (χ2v) is 1.44. The van der Waals surface area contributed by atoms with Gasteiger partial charge in [0.1, 0.15) is 0 Å². The lowest BCUT2D eigenvalue weighted by Gasteiger charge is -1.95. The topological polar surface area (TPSA) is 63.3 Å². The van der Waals surface area contributed by atoms with Crippen LogP contribution in [-0.2, 0) is 4.79 Å². The third-order valence-corrected chi connectivity index (χ3v) is 0.279. The van der Waals surface area contributed by atoms with Gasteiger partial charge in [0.05, 0.1) is 0 Å². The zero-order valence-electron chi connectivity index (χ0n) is 5.52. The van der Waals surface area contributed by atoms with Crippen molar-refractivity contribution in [3.63, 3.8) is 0 Å². The predicted molar refractivity (Wildman–Crippen MR) is 28.0 cm³/mol. The first-order chi connectivity index (χ1) is 4.68. The van der Waals surface area contributed by atoms with Gasteiger partial charge < -0.3 is 10.8 Å². The molecule has 0 heterocycles. The number of amides is 1. The monoisotopic (exact) mass is 177 g/mol. The van der Waals surface area contributed by atoms with Crippen LogP contribution in [0.15, 0.2) is 0 Å². The highest BCUT2D eigenvalue weighted by Gasteiger charge is 2.35. The average molecular weight is 177 g/mol. The largest absolute Gasteiger partial charge is 0.470 e. The minimum Gasteiger partial charge on any atom is -0.364 e. The summed E-state index contributed by atoms with van der Waals surface area (Å²) in [7, 11) is 0. The molecule has 0 aliphatic carbocycles. The van der Waals surface area contributed by atoms with E-state index in [4.69, 9.17) is 9.90 Å². The Balaban J connectivity index is 0. The highest BCUT2D eigenvalue weighted by Crippen LogP contribution is 2.11. The number of hydrogen-bond donors (Lipinski definition) is 2. The van der Waals surface area contributed by atoms with Crippen LogP contribution in [0.5, 0.6) is 0 Å². The van der Waals surface area contributed by atoms with Crippen molar-refractivity contribution < 1.29 is 27.5 Å². The minimum atomic E-state index is -4.86. The lowest BCUT2D eigenvalue weighted by Crippen LogP contribution is -2.30. The van der Waals surface area contributed by atoms with E-state index in [9.17, 15) is 17.6 Å². The molecule has 7 heteroatoms. The van der Waals surface area contributed by atoms with Crippen LogP contribution < -0.4 is 5.73 Å². The van der Waals surface area contributed by atoms with Crippen molar-refractivity contribution in [3.05, 3.63) is 0 Å². The molecule has 0 aromatic carbocycles. The highest BCUT2D eigenvalue weighted by molar-refractivity contribution is 5.79. The number of alkyl halides is 4. The Hall–Kier alpha value is -0.850. The SMILES string of the molecule is CC(O)F.NC(=O)C(F)(F)F. The summed E-state index contributed by atoms with van der Waals surface area (Å²) in [4.78, 5) is 9.12. The molecule has 3 nitrogen and oxygen atoms in total. The van der Waals surface area contributed by atoms with Gasteiger partial charge in [0.25, 0.3) is 0 Å². The molecule has 0 rings (SSSR count). The fourth-order valence-electron chi connectivity index (χ4n) is 0. The Bertz CT molecular complexity index is 119. The van der Waals surface area contributed by atoms with E-state index in [2.05, 4.69) is 5.73 Å². The molecule has 0 aromatic heterocycles. The van der Waals surface area contributed by atoms with Gasteiger partial charge in [0, 0.05) is 0 Å².